The quantitative estimate of drug-likeness (QED) is 0.735. The molecule has 1 saturated heterocycles. The molecular formula is C23H33N3O. The van der Waals surface area contributed by atoms with Gasteiger partial charge in [0.25, 0.3) is 5.91 Å². The fourth-order valence-corrected chi connectivity index (χ4v) is 3.91. The Hall–Kier alpha value is -2.10. The van der Waals surface area contributed by atoms with Gasteiger partial charge < -0.3 is 4.90 Å². The van der Waals surface area contributed by atoms with Crippen molar-refractivity contribution in [1.29, 1.82) is 0 Å². The van der Waals surface area contributed by atoms with Crippen LogP contribution in [0.15, 0.2) is 24.3 Å². The van der Waals surface area contributed by atoms with Crippen LogP contribution in [0.4, 0.5) is 0 Å². The number of hydrogen-bond donors (Lipinski definition) is 0. The highest BCUT2D eigenvalue weighted by molar-refractivity contribution is 5.97. The highest BCUT2D eigenvalue weighted by atomic mass is 16.2. The van der Waals surface area contributed by atoms with Crippen LogP contribution in [0.5, 0.6) is 0 Å². The molecule has 0 aliphatic carbocycles. The van der Waals surface area contributed by atoms with E-state index in [-0.39, 0.29) is 11.8 Å². The molecule has 0 N–H and O–H groups in total. The number of nitrogens with zero attached hydrogens (tertiary/aromatic N) is 3. The first-order valence-corrected chi connectivity index (χ1v) is 10.4. The minimum atomic E-state index is 0.174. The summed E-state index contributed by atoms with van der Waals surface area (Å²) >= 11 is 0. The Labute approximate surface area is 163 Å². The lowest BCUT2D eigenvalue weighted by atomic mass is 9.97. The maximum absolute atomic E-state index is 13.5. The Kier molecular flexibility index (Phi) is 6.03. The normalized spacial score (nSPS) is 15.0. The van der Waals surface area contributed by atoms with Crippen molar-refractivity contribution in [2.75, 3.05) is 13.1 Å². The number of piperidine rings is 1. The van der Waals surface area contributed by atoms with Crippen molar-refractivity contribution in [1.82, 2.24) is 14.7 Å². The molecule has 1 aliphatic rings. The molecule has 0 radical (unpaired) electrons. The summed E-state index contributed by atoms with van der Waals surface area (Å²) < 4.78 is 2.01. The SMILES string of the molecule is Cc1ccc(-n2nc(CC(C)C)c(C(=O)N3CCCCC3)c2C(C)C)cc1. The van der Waals surface area contributed by atoms with Crippen molar-refractivity contribution in [3.05, 3.63) is 46.8 Å². The maximum atomic E-state index is 13.5. The molecule has 0 bridgehead atoms. The van der Waals surface area contributed by atoms with Crippen LogP contribution in [-0.4, -0.2) is 33.7 Å². The molecule has 27 heavy (non-hydrogen) atoms. The van der Waals surface area contributed by atoms with E-state index in [1.807, 2.05) is 9.58 Å². The van der Waals surface area contributed by atoms with E-state index < -0.39 is 0 Å². The molecule has 4 heteroatoms. The van der Waals surface area contributed by atoms with Crippen LogP contribution in [-0.2, 0) is 6.42 Å². The van der Waals surface area contributed by atoms with Crippen molar-refractivity contribution in [2.24, 2.45) is 5.92 Å². The van der Waals surface area contributed by atoms with Gasteiger partial charge in [-0.25, -0.2) is 4.68 Å². The summed E-state index contributed by atoms with van der Waals surface area (Å²) in [5, 5.41) is 4.96. The molecule has 1 aromatic carbocycles. The van der Waals surface area contributed by atoms with E-state index in [9.17, 15) is 4.79 Å². The van der Waals surface area contributed by atoms with Crippen LogP contribution in [0.1, 0.15) is 80.2 Å². The molecule has 0 saturated carbocycles. The van der Waals surface area contributed by atoms with Crippen molar-refractivity contribution >= 4 is 5.91 Å². The number of carbonyl (C=O) groups is 1. The van der Waals surface area contributed by atoms with Gasteiger partial charge in [0.05, 0.1) is 22.6 Å². The molecule has 4 nitrogen and oxygen atoms in total. The van der Waals surface area contributed by atoms with Gasteiger partial charge in [0, 0.05) is 13.1 Å². The van der Waals surface area contributed by atoms with Gasteiger partial charge >= 0.3 is 0 Å². The zero-order valence-electron chi connectivity index (χ0n) is 17.5. The van der Waals surface area contributed by atoms with Crippen molar-refractivity contribution in [3.63, 3.8) is 0 Å². The first-order chi connectivity index (χ1) is 12.9. The fourth-order valence-electron chi connectivity index (χ4n) is 3.91. The molecule has 146 valence electrons. The van der Waals surface area contributed by atoms with Crippen LogP contribution in [0, 0.1) is 12.8 Å². The molecule has 0 unspecified atom stereocenters. The van der Waals surface area contributed by atoms with E-state index in [0.717, 1.165) is 55.0 Å². The molecule has 2 aromatic rings. The average molecular weight is 368 g/mol. The Morgan fingerprint density at radius 1 is 1.04 bits per heavy atom. The second kappa shape index (κ2) is 8.28. The molecule has 3 rings (SSSR count). The van der Waals surface area contributed by atoms with Gasteiger partial charge in [0.1, 0.15) is 0 Å². The highest BCUT2D eigenvalue weighted by Gasteiger charge is 2.30. The fraction of sp³-hybridized carbons (Fsp3) is 0.565. The molecular weight excluding hydrogens is 334 g/mol. The van der Waals surface area contributed by atoms with Gasteiger partial charge in [0.15, 0.2) is 0 Å². The molecule has 0 spiro atoms. The topological polar surface area (TPSA) is 38.1 Å². The third-order valence-corrected chi connectivity index (χ3v) is 5.28. The first kappa shape index (κ1) is 19.7. The number of hydrogen-bond acceptors (Lipinski definition) is 2. The van der Waals surface area contributed by atoms with Crippen molar-refractivity contribution in [2.45, 2.75) is 66.2 Å². The minimum absolute atomic E-state index is 0.174. The van der Waals surface area contributed by atoms with E-state index in [1.54, 1.807) is 0 Å². The summed E-state index contributed by atoms with van der Waals surface area (Å²) in [7, 11) is 0. The number of rotatable bonds is 5. The van der Waals surface area contributed by atoms with E-state index in [1.165, 1.54) is 12.0 Å². The van der Waals surface area contributed by atoms with Gasteiger partial charge in [0.2, 0.25) is 0 Å². The zero-order chi connectivity index (χ0) is 19.6. The second-order valence-electron chi connectivity index (χ2n) is 8.56. The number of carbonyl (C=O) groups excluding carboxylic acids is 1. The molecule has 0 atom stereocenters. The lowest BCUT2D eigenvalue weighted by Crippen LogP contribution is -2.36. The van der Waals surface area contributed by atoms with Crippen molar-refractivity contribution < 1.29 is 4.79 Å². The maximum Gasteiger partial charge on any atom is 0.257 e. The number of amides is 1. The number of aromatic nitrogens is 2. The molecule has 1 fully saturated rings. The van der Waals surface area contributed by atoms with E-state index in [0.29, 0.717) is 5.92 Å². The third kappa shape index (κ3) is 4.26. The monoisotopic (exact) mass is 367 g/mol. The summed E-state index contributed by atoms with van der Waals surface area (Å²) in [4.78, 5) is 15.5. The number of likely N-dealkylation sites (tertiary alicyclic amines) is 1. The van der Waals surface area contributed by atoms with E-state index >= 15 is 0 Å². The van der Waals surface area contributed by atoms with Crippen LogP contribution < -0.4 is 0 Å². The number of benzene rings is 1. The van der Waals surface area contributed by atoms with Gasteiger partial charge in [-0.05, 0) is 56.6 Å². The lowest BCUT2D eigenvalue weighted by molar-refractivity contribution is 0.0721. The van der Waals surface area contributed by atoms with E-state index in [2.05, 4.69) is 58.9 Å². The van der Waals surface area contributed by atoms with Crippen LogP contribution in [0.3, 0.4) is 0 Å². The predicted octanol–water partition coefficient (Wildman–Crippen LogP) is 5.13. The van der Waals surface area contributed by atoms with Crippen molar-refractivity contribution in [3.8, 4) is 5.69 Å². The second-order valence-corrected chi connectivity index (χ2v) is 8.56. The lowest BCUT2D eigenvalue weighted by Gasteiger charge is -2.27. The van der Waals surface area contributed by atoms with E-state index in [4.69, 9.17) is 5.10 Å². The minimum Gasteiger partial charge on any atom is -0.339 e. The standard InChI is InChI=1S/C23H33N3O/c1-16(2)15-20-21(23(27)25-13-7-6-8-14-25)22(17(3)4)26(24-20)19-11-9-18(5)10-12-19/h9-12,16-17H,6-8,13-15H2,1-5H3. The zero-order valence-corrected chi connectivity index (χ0v) is 17.5. The van der Waals surface area contributed by atoms with Gasteiger partial charge in [-0.15, -0.1) is 0 Å². The van der Waals surface area contributed by atoms with Gasteiger partial charge in [-0.1, -0.05) is 45.4 Å². The van der Waals surface area contributed by atoms with Crippen LogP contribution in [0.25, 0.3) is 5.69 Å². The number of aryl methyl sites for hydroxylation is 1. The summed E-state index contributed by atoms with van der Waals surface area (Å²) in [6, 6.07) is 8.41. The summed E-state index contributed by atoms with van der Waals surface area (Å²) in [6.07, 6.45) is 4.26. The average Bonchev–Trinajstić information content (AvgIpc) is 3.01. The Balaban J connectivity index is 2.13. The van der Waals surface area contributed by atoms with Crippen LogP contribution >= 0.6 is 0 Å². The Morgan fingerprint density at radius 3 is 2.22 bits per heavy atom. The van der Waals surface area contributed by atoms with Crippen LogP contribution in [0.2, 0.25) is 0 Å². The third-order valence-electron chi connectivity index (χ3n) is 5.28. The predicted molar refractivity (Wildman–Crippen MR) is 111 cm³/mol. The Morgan fingerprint density at radius 2 is 1.67 bits per heavy atom. The molecule has 1 amide bonds. The molecule has 1 aromatic heterocycles. The summed E-state index contributed by atoms with van der Waals surface area (Å²) in [5.41, 5.74) is 5.10. The summed E-state index contributed by atoms with van der Waals surface area (Å²) in [6.45, 7) is 12.5. The largest absolute Gasteiger partial charge is 0.339 e. The summed E-state index contributed by atoms with van der Waals surface area (Å²) in [5.74, 6) is 0.857. The Bertz CT molecular complexity index is 781. The highest BCUT2D eigenvalue weighted by Crippen LogP contribution is 2.29. The van der Waals surface area contributed by atoms with Gasteiger partial charge in [-0.3, -0.25) is 4.79 Å². The first-order valence-electron chi connectivity index (χ1n) is 10.4. The smallest absolute Gasteiger partial charge is 0.257 e. The molecule has 2 heterocycles. The molecule has 1 aliphatic heterocycles. The van der Waals surface area contributed by atoms with Gasteiger partial charge in [-0.2, -0.15) is 5.10 Å².